The number of hydrogen-bond donors (Lipinski definition) is 2. The third-order valence-electron chi connectivity index (χ3n) is 7.27. The molecule has 1 heterocycles. The van der Waals surface area contributed by atoms with Crippen LogP contribution in [0.5, 0.6) is 0 Å². The minimum Gasteiger partial charge on any atom is -0.493 e. The molecule has 1 aliphatic heterocycles. The molecule has 39 heavy (non-hydrogen) atoms. The van der Waals surface area contributed by atoms with E-state index in [2.05, 4.69) is 10.6 Å². The van der Waals surface area contributed by atoms with E-state index in [0.717, 1.165) is 43.4 Å². The van der Waals surface area contributed by atoms with Gasteiger partial charge in [-0.2, -0.15) is 14.3 Å². The van der Waals surface area contributed by atoms with Crippen molar-refractivity contribution in [2.75, 3.05) is 27.3 Å². The number of carbonyl (C=O) groups is 4. The monoisotopic (exact) mass is 537 g/mol. The largest absolute Gasteiger partial charge is 0.501 e. The number of amides is 5. The number of allylic oxidation sites excluding steroid dienone is 1. The summed E-state index contributed by atoms with van der Waals surface area (Å²) < 4.78 is 12.2. The van der Waals surface area contributed by atoms with E-state index in [1.54, 1.807) is 36.4 Å². The van der Waals surface area contributed by atoms with Crippen molar-refractivity contribution in [1.82, 2.24) is 15.5 Å². The predicted octanol–water partition coefficient (Wildman–Crippen LogP) is 2.88. The molecule has 1 saturated carbocycles. The molecule has 208 valence electrons. The lowest BCUT2D eigenvalue weighted by Crippen LogP contribution is -2.56. The van der Waals surface area contributed by atoms with Crippen LogP contribution in [0.3, 0.4) is 0 Å². The predicted molar refractivity (Wildman–Crippen MR) is 144 cm³/mol. The second-order valence-corrected chi connectivity index (χ2v) is 10.00. The zero-order valence-corrected chi connectivity index (χ0v) is 22.8. The normalized spacial score (nSPS) is 19.7. The molecule has 4 rings (SSSR count). The number of methoxy groups -OCH3 is 2. The molecule has 10 heteroatoms. The molecule has 1 fully saturated rings. The standard InChI is InChI=1S/C29H36N4O6/c1-4-14-30-27(35)20-12-10-19(11-13-20)17-33-28(36)22-15-24(38-2)25(39-3)16-23(22)32(29(33)37)18-26(34)31-21-8-6-5-7-9-21/h10-13,15-16,21-22H,4-9,14,17-18H2,1-3H3,(H-,30,31,34,35)/p+1. The third-order valence-corrected chi connectivity index (χ3v) is 7.27. The quantitative estimate of drug-likeness (QED) is 0.444. The number of nitrogens with zero attached hydrogens (tertiary/aromatic N) is 2. The lowest BCUT2D eigenvalue weighted by Gasteiger charge is -2.29. The number of imide groups is 1. The molecule has 1 aromatic carbocycles. The summed E-state index contributed by atoms with van der Waals surface area (Å²) in [4.78, 5) is 53.7. The number of carbonyl (C=O) groups excluding carboxylic acids is 4. The molecule has 1 unspecified atom stereocenters. The molecule has 1 atom stereocenters. The first-order valence-corrected chi connectivity index (χ1v) is 13.5. The maximum absolute atomic E-state index is 13.7. The molecule has 5 amide bonds. The van der Waals surface area contributed by atoms with Gasteiger partial charge in [-0.25, -0.2) is 4.79 Å². The van der Waals surface area contributed by atoms with Crippen molar-refractivity contribution in [3.63, 3.8) is 0 Å². The second-order valence-electron chi connectivity index (χ2n) is 10.00. The summed E-state index contributed by atoms with van der Waals surface area (Å²) in [7, 11) is 2.96. The average Bonchev–Trinajstić information content (AvgIpc) is 2.96. The fraction of sp³-hybridized carbons (Fsp3) is 0.483. The van der Waals surface area contributed by atoms with Gasteiger partial charge in [0, 0.05) is 24.2 Å². The molecule has 0 radical (unpaired) electrons. The summed E-state index contributed by atoms with van der Waals surface area (Å²) in [5.41, 5.74) is 1.55. The molecule has 1 aromatic rings. The average molecular weight is 538 g/mol. The summed E-state index contributed by atoms with van der Waals surface area (Å²) in [5.74, 6) is -0.951. The highest BCUT2D eigenvalue weighted by Crippen LogP contribution is 2.28. The molecular formula is C29H37N4O6+. The van der Waals surface area contributed by atoms with Crippen LogP contribution in [0, 0.1) is 5.92 Å². The zero-order valence-electron chi connectivity index (χ0n) is 22.8. The van der Waals surface area contributed by atoms with Gasteiger partial charge in [0.15, 0.2) is 18.1 Å². The Hall–Kier alpha value is -3.95. The van der Waals surface area contributed by atoms with Crippen molar-refractivity contribution in [3.05, 3.63) is 59.1 Å². The summed E-state index contributed by atoms with van der Waals surface area (Å²) in [6.45, 7) is 2.34. The molecule has 10 nitrogen and oxygen atoms in total. The Bertz CT molecular complexity index is 1210. The number of urea groups is 1. The summed E-state index contributed by atoms with van der Waals surface area (Å²) >= 11 is 0. The van der Waals surface area contributed by atoms with Gasteiger partial charge < -0.3 is 20.1 Å². The minimum absolute atomic E-state index is 0.00391. The van der Waals surface area contributed by atoms with E-state index in [0.29, 0.717) is 34.9 Å². The van der Waals surface area contributed by atoms with E-state index in [-0.39, 0.29) is 30.9 Å². The molecule has 0 aromatic heterocycles. The van der Waals surface area contributed by atoms with Crippen LogP contribution in [0.2, 0.25) is 0 Å². The maximum atomic E-state index is 13.7. The molecule has 3 aliphatic rings. The van der Waals surface area contributed by atoms with Gasteiger partial charge in [-0.1, -0.05) is 38.3 Å². The van der Waals surface area contributed by atoms with Crippen LogP contribution in [0.4, 0.5) is 4.79 Å². The van der Waals surface area contributed by atoms with E-state index >= 15 is 0 Å². The van der Waals surface area contributed by atoms with Gasteiger partial charge >= 0.3 is 11.9 Å². The molecule has 0 saturated heterocycles. The smallest absolute Gasteiger partial charge is 0.493 e. The first-order valence-electron chi connectivity index (χ1n) is 13.5. The summed E-state index contributed by atoms with van der Waals surface area (Å²) in [6.07, 6.45) is 9.18. The van der Waals surface area contributed by atoms with Crippen LogP contribution in [0.15, 0.2) is 47.9 Å². The molecular weight excluding hydrogens is 500 g/mol. The minimum atomic E-state index is -0.821. The van der Waals surface area contributed by atoms with Gasteiger partial charge in [-0.15, -0.1) is 0 Å². The topological polar surface area (TPSA) is 117 Å². The Kier molecular flexibility index (Phi) is 9.16. The number of nitrogens with one attached hydrogen (secondary N) is 2. The highest BCUT2D eigenvalue weighted by Gasteiger charge is 2.49. The molecule has 2 N–H and O–H groups in total. The number of hydrogen-bond acceptors (Lipinski definition) is 6. The fourth-order valence-corrected chi connectivity index (χ4v) is 5.16. The van der Waals surface area contributed by atoms with Crippen LogP contribution in [-0.2, 0) is 25.6 Å². The highest BCUT2D eigenvalue weighted by atomic mass is 16.5. The fourth-order valence-electron chi connectivity index (χ4n) is 5.16. The van der Waals surface area contributed by atoms with Gasteiger partial charge in [0.25, 0.3) is 11.8 Å². The van der Waals surface area contributed by atoms with Crippen molar-refractivity contribution >= 4 is 29.5 Å². The van der Waals surface area contributed by atoms with Gasteiger partial charge in [0.1, 0.15) is 18.2 Å². The van der Waals surface area contributed by atoms with E-state index in [9.17, 15) is 19.2 Å². The summed E-state index contributed by atoms with van der Waals surface area (Å²) in [5, 5.41) is 5.88. The van der Waals surface area contributed by atoms with Gasteiger partial charge in [-0.3, -0.25) is 9.59 Å². The van der Waals surface area contributed by atoms with Gasteiger partial charge in [-0.05, 0) is 43.0 Å². The summed E-state index contributed by atoms with van der Waals surface area (Å²) in [6, 6.07) is 6.29. The van der Waals surface area contributed by atoms with Crippen molar-refractivity contribution in [3.8, 4) is 0 Å². The zero-order chi connectivity index (χ0) is 27.9. The van der Waals surface area contributed by atoms with Crippen LogP contribution >= 0.6 is 0 Å². The van der Waals surface area contributed by atoms with Crippen LogP contribution < -0.4 is 10.6 Å². The van der Waals surface area contributed by atoms with Crippen molar-refractivity contribution in [2.24, 2.45) is 5.92 Å². The first-order chi connectivity index (χ1) is 18.9. The van der Waals surface area contributed by atoms with E-state index in [1.165, 1.54) is 18.8 Å². The second kappa shape index (κ2) is 12.7. The molecule has 0 spiro atoms. The van der Waals surface area contributed by atoms with E-state index < -0.39 is 17.9 Å². The van der Waals surface area contributed by atoms with Crippen LogP contribution in [-0.4, -0.2) is 72.3 Å². The Morgan fingerprint density at radius 2 is 1.72 bits per heavy atom. The van der Waals surface area contributed by atoms with Crippen LogP contribution in [0.25, 0.3) is 0 Å². The molecule has 0 bridgehead atoms. The lowest BCUT2D eigenvalue weighted by atomic mass is 9.92. The highest BCUT2D eigenvalue weighted by molar-refractivity contribution is 6.17. The van der Waals surface area contributed by atoms with Crippen molar-refractivity contribution in [1.29, 1.82) is 0 Å². The van der Waals surface area contributed by atoms with Crippen molar-refractivity contribution in [2.45, 2.75) is 58.0 Å². The van der Waals surface area contributed by atoms with Gasteiger partial charge in [0.05, 0.1) is 14.2 Å². The Balaban J connectivity index is 1.60. The lowest BCUT2D eigenvalue weighted by molar-refractivity contribution is -0.429. The number of rotatable bonds is 10. The first kappa shape index (κ1) is 28.1. The number of benzene rings is 1. The van der Waals surface area contributed by atoms with Gasteiger partial charge in [0.2, 0.25) is 0 Å². The van der Waals surface area contributed by atoms with Crippen LogP contribution in [0.1, 0.15) is 61.4 Å². The number of ether oxygens (including phenoxy) is 2. The Morgan fingerprint density at radius 1 is 1.03 bits per heavy atom. The van der Waals surface area contributed by atoms with E-state index in [1.807, 2.05) is 6.92 Å². The van der Waals surface area contributed by atoms with Crippen molar-refractivity contribution < 1.29 is 33.2 Å². The number of fused-ring (bicyclic) bond motifs is 1. The third kappa shape index (κ3) is 6.38. The SMILES string of the molecule is CCCNC(=O)c1ccc(CN2C(=O)C3C=C(OC)C(OC)=CC3=[N+](CC(=O)NC3CCCCC3)C2=O)cc1. The Morgan fingerprint density at radius 3 is 2.36 bits per heavy atom. The maximum Gasteiger partial charge on any atom is 0.501 e. The molecule has 2 aliphatic carbocycles. The Labute approximate surface area is 228 Å². The van der Waals surface area contributed by atoms with E-state index in [4.69, 9.17) is 9.47 Å².